The number of nitrogens with one attached hydrogen (secondary N) is 3. The third-order valence-electron chi connectivity index (χ3n) is 4.75. The molecule has 0 aliphatic carbocycles. The van der Waals surface area contributed by atoms with Crippen LogP contribution in [0.3, 0.4) is 0 Å². The molecule has 3 rings (SSSR count). The van der Waals surface area contributed by atoms with Gasteiger partial charge in [-0.1, -0.05) is 29.8 Å². The van der Waals surface area contributed by atoms with Crippen LogP contribution in [0.15, 0.2) is 40.8 Å². The maximum Gasteiger partial charge on any atom is 0.295 e. The number of quaternary nitrogens is 2. The summed E-state index contributed by atoms with van der Waals surface area (Å²) in [6, 6.07) is 10.1. The fraction of sp³-hybridized carbons (Fsp3) is 0.368. The van der Waals surface area contributed by atoms with Gasteiger partial charge in [-0.25, -0.2) is 5.43 Å². The van der Waals surface area contributed by atoms with E-state index in [9.17, 15) is 4.79 Å². The van der Waals surface area contributed by atoms with Gasteiger partial charge in [0.2, 0.25) is 0 Å². The second-order valence-corrected chi connectivity index (χ2v) is 8.06. The molecule has 26 heavy (non-hydrogen) atoms. The second-order valence-electron chi connectivity index (χ2n) is 6.71. The lowest BCUT2D eigenvalue weighted by atomic mass is 10.2. The Bertz CT molecular complexity index is 768. The lowest BCUT2D eigenvalue weighted by molar-refractivity contribution is -1.02. The van der Waals surface area contributed by atoms with Crippen molar-refractivity contribution in [3.63, 3.8) is 0 Å². The Labute approximate surface area is 163 Å². The molecule has 2 heterocycles. The highest BCUT2D eigenvalue weighted by atomic mass is 35.5. The number of nitrogens with zero attached hydrogens (tertiary/aromatic N) is 1. The Morgan fingerprint density at radius 1 is 1.23 bits per heavy atom. The van der Waals surface area contributed by atoms with Crippen LogP contribution in [0.1, 0.15) is 16.0 Å². The first kappa shape index (κ1) is 19.0. The fourth-order valence-electron chi connectivity index (χ4n) is 3.17. The number of rotatable bonds is 6. The molecule has 5 nitrogen and oxygen atoms in total. The van der Waals surface area contributed by atoms with Crippen LogP contribution in [0.2, 0.25) is 5.02 Å². The molecule has 1 fully saturated rings. The van der Waals surface area contributed by atoms with E-state index in [-0.39, 0.29) is 5.91 Å². The topological polar surface area (TPSA) is 50.3 Å². The van der Waals surface area contributed by atoms with Gasteiger partial charge >= 0.3 is 0 Å². The highest BCUT2D eigenvalue weighted by Gasteiger charge is 2.25. The predicted molar refractivity (Wildman–Crippen MR) is 106 cm³/mol. The number of benzene rings is 1. The van der Waals surface area contributed by atoms with Crippen LogP contribution in [0.5, 0.6) is 0 Å². The van der Waals surface area contributed by atoms with Crippen LogP contribution in [0.4, 0.5) is 0 Å². The molecule has 1 saturated heterocycles. The van der Waals surface area contributed by atoms with E-state index in [0.29, 0.717) is 6.54 Å². The van der Waals surface area contributed by atoms with E-state index >= 15 is 0 Å². The minimum Gasteiger partial charge on any atom is -0.322 e. The summed E-state index contributed by atoms with van der Waals surface area (Å²) >= 11 is 7.87. The van der Waals surface area contributed by atoms with Gasteiger partial charge in [-0.15, -0.1) is 11.3 Å². The maximum absolute atomic E-state index is 12.1. The Morgan fingerprint density at radius 2 is 1.96 bits per heavy atom. The monoisotopic (exact) mass is 392 g/mol. The zero-order valence-corrected chi connectivity index (χ0v) is 16.5. The summed E-state index contributed by atoms with van der Waals surface area (Å²) in [5.74, 6) is -0.0278. The summed E-state index contributed by atoms with van der Waals surface area (Å²) in [6.07, 6.45) is 1.72. The number of carbonyl (C=O) groups is 1. The normalized spacial score (nSPS) is 20.4. The van der Waals surface area contributed by atoms with E-state index in [1.807, 2.05) is 36.6 Å². The van der Waals surface area contributed by atoms with Crippen LogP contribution in [-0.2, 0) is 11.3 Å². The standard InChI is InChI=1S/C19H23ClN4OS/c1-15-6-11-26-18(15)12-21-22-19(25)14-24-9-7-23(8-10-24)13-16-4-2-3-5-17(16)20/h2-6,11-12H,7-10,13-14H2,1H3,(H,22,25)/p+2/b21-12-. The van der Waals surface area contributed by atoms with Gasteiger partial charge in [-0.2, -0.15) is 5.10 Å². The second kappa shape index (κ2) is 9.28. The molecule has 0 radical (unpaired) electrons. The van der Waals surface area contributed by atoms with E-state index in [2.05, 4.69) is 16.6 Å². The van der Waals surface area contributed by atoms with Gasteiger partial charge in [0, 0.05) is 15.5 Å². The molecule has 0 bridgehead atoms. The molecule has 0 atom stereocenters. The van der Waals surface area contributed by atoms with E-state index in [0.717, 1.165) is 42.6 Å². The van der Waals surface area contributed by atoms with Gasteiger partial charge < -0.3 is 9.80 Å². The van der Waals surface area contributed by atoms with Crippen LogP contribution >= 0.6 is 22.9 Å². The van der Waals surface area contributed by atoms with Crippen molar-refractivity contribution in [3.05, 3.63) is 56.7 Å². The number of hydrogen-bond donors (Lipinski definition) is 3. The van der Waals surface area contributed by atoms with Crippen molar-refractivity contribution in [2.45, 2.75) is 13.5 Å². The van der Waals surface area contributed by atoms with Crippen molar-refractivity contribution in [2.75, 3.05) is 32.7 Å². The van der Waals surface area contributed by atoms with Crippen LogP contribution in [-0.4, -0.2) is 44.8 Å². The number of thiophene rings is 1. The molecule has 7 heteroatoms. The molecule has 1 aromatic heterocycles. The SMILES string of the molecule is Cc1ccsc1/C=N\NC(=O)C[NH+]1CC[NH+](Cc2ccccc2Cl)CC1. The first-order valence-electron chi connectivity index (χ1n) is 8.88. The van der Waals surface area contributed by atoms with Gasteiger partial charge in [-0.05, 0) is 30.0 Å². The predicted octanol–water partition coefficient (Wildman–Crippen LogP) is 0.144. The lowest BCUT2D eigenvalue weighted by Gasteiger charge is -2.29. The largest absolute Gasteiger partial charge is 0.322 e. The number of halogens is 1. The first-order chi connectivity index (χ1) is 12.6. The Morgan fingerprint density at radius 3 is 2.65 bits per heavy atom. The van der Waals surface area contributed by atoms with E-state index in [1.165, 1.54) is 20.9 Å². The van der Waals surface area contributed by atoms with Crippen molar-refractivity contribution in [1.29, 1.82) is 0 Å². The average Bonchev–Trinajstić information content (AvgIpc) is 3.04. The molecule has 1 aliphatic heterocycles. The number of aryl methyl sites for hydroxylation is 1. The van der Waals surface area contributed by atoms with Crippen molar-refractivity contribution in [2.24, 2.45) is 5.10 Å². The fourth-order valence-corrected chi connectivity index (χ4v) is 4.16. The molecule has 1 amide bonds. The quantitative estimate of drug-likeness (QED) is 0.475. The van der Waals surface area contributed by atoms with Crippen molar-refractivity contribution in [3.8, 4) is 0 Å². The third-order valence-corrected chi connectivity index (χ3v) is 6.07. The molecule has 0 saturated carbocycles. The molecule has 138 valence electrons. The third kappa shape index (κ3) is 5.38. The van der Waals surface area contributed by atoms with Gasteiger partial charge in [-0.3, -0.25) is 4.79 Å². The summed E-state index contributed by atoms with van der Waals surface area (Å²) in [4.78, 5) is 16.0. The van der Waals surface area contributed by atoms with Crippen molar-refractivity contribution < 1.29 is 14.6 Å². The van der Waals surface area contributed by atoms with Crippen molar-refractivity contribution in [1.82, 2.24) is 5.43 Å². The molecule has 3 N–H and O–H groups in total. The van der Waals surface area contributed by atoms with E-state index in [1.54, 1.807) is 17.6 Å². The smallest absolute Gasteiger partial charge is 0.295 e. The molecular formula is C19H25ClN4OS+2. The minimum atomic E-state index is -0.0278. The Kier molecular flexibility index (Phi) is 6.80. The van der Waals surface area contributed by atoms with E-state index < -0.39 is 0 Å². The Hall–Kier alpha value is -1.73. The number of hydrazone groups is 1. The number of amides is 1. The van der Waals surface area contributed by atoms with Gasteiger partial charge in [0.15, 0.2) is 6.54 Å². The highest BCUT2D eigenvalue weighted by molar-refractivity contribution is 7.11. The molecule has 0 unspecified atom stereocenters. The highest BCUT2D eigenvalue weighted by Crippen LogP contribution is 2.13. The minimum absolute atomic E-state index is 0.0278. The number of hydrogen-bond acceptors (Lipinski definition) is 3. The van der Waals surface area contributed by atoms with E-state index in [4.69, 9.17) is 11.6 Å². The van der Waals surface area contributed by atoms with Crippen LogP contribution in [0.25, 0.3) is 0 Å². The Balaban J connectivity index is 1.39. The van der Waals surface area contributed by atoms with Gasteiger partial charge in [0.25, 0.3) is 5.91 Å². The number of carbonyl (C=O) groups excluding carboxylic acids is 1. The van der Waals surface area contributed by atoms with Gasteiger partial charge in [0.1, 0.15) is 32.7 Å². The molecule has 2 aromatic rings. The maximum atomic E-state index is 12.1. The molecule has 1 aliphatic rings. The number of piperazine rings is 1. The first-order valence-corrected chi connectivity index (χ1v) is 10.1. The molecule has 0 spiro atoms. The van der Waals surface area contributed by atoms with Gasteiger partial charge in [0.05, 0.1) is 6.21 Å². The zero-order valence-electron chi connectivity index (χ0n) is 14.9. The summed E-state index contributed by atoms with van der Waals surface area (Å²) in [6.45, 7) is 7.52. The summed E-state index contributed by atoms with van der Waals surface area (Å²) in [7, 11) is 0. The summed E-state index contributed by atoms with van der Waals surface area (Å²) < 4.78 is 0. The van der Waals surface area contributed by atoms with Crippen LogP contribution < -0.4 is 15.2 Å². The average molecular weight is 393 g/mol. The summed E-state index contributed by atoms with van der Waals surface area (Å²) in [5.41, 5.74) is 5.02. The molecular weight excluding hydrogens is 368 g/mol. The summed E-state index contributed by atoms with van der Waals surface area (Å²) in [5, 5.41) is 6.93. The van der Waals surface area contributed by atoms with Crippen molar-refractivity contribution >= 4 is 35.1 Å². The van der Waals surface area contributed by atoms with Crippen LogP contribution in [0, 0.1) is 6.92 Å². The lowest BCUT2D eigenvalue weighted by Crippen LogP contribution is -3.28. The molecule has 1 aromatic carbocycles. The zero-order chi connectivity index (χ0) is 18.4.